The number of hydrogen-bond acceptors (Lipinski definition) is 3. The van der Waals surface area contributed by atoms with Crippen molar-refractivity contribution >= 4 is 11.9 Å². The SMILES string of the molecule is CCC(CCO)NC(=O)C1CC(C)CC1C(=O)O. The van der Waals surface area contributed by atoms with Crippen LogP contribution in [0.2, 0.25) is 0 Å². The van der Waals surface area contributed by atoms with Gasteiger partial charge in [-0.15, -0.1) is 0 Å². The summed E-state index contributed by atoms with van der Waals surface area (Å²) in [6, 6.07) is -0.0622. The molecule has 0 aromatic heterocycles. The number of carbonyl (C=O) groups is 2. The second-order valence-corrected chi connectivity index (χ2v) is 5.25. The van der Waals surface area contributed by atoms with Crippen molar-refractivity contribution in [2.75, 3.05) is 6.61 Å². The van der Waals surface area contributed by atoms with E-state index in [0.29, 0.717) is 19.3 Å². The van der Waals surface area contributed by atoms with Crippen molar-refractivity contribution in [2.24, 2.45) is 17.8 Å². The Kier molecular flexibility index (Phi) is 5.59. The molecule has 0 aromatic rings. The summed E-state index contributed by atoms with van der Waals surface area (Å²) >= 11 is 0. The van der Waals surface area contributed by atoms with E-state index in [1.165, 1.54) is 0 Å². The van der Waals surface area contributed by atoms with E-state index in [2.05, 4.69) is 5.32 Å². The highest BCUT2D eigenvalue weighted by molar-refractivity contribution is 5.85. The average molecular weight is 257 g/mol. The summed E-state index contributed by atoms with van der Waals surface area (Å²) < 4.78 is 0. The predicted octanol–water partition coefficient (Wildman–Crippen LogP) is 1.01. The number of rotatable bonds is 6. The summed E-state index contributed by atoms with van der Waals surface area (Å²) in [6.45, 7) is 3.95. The van der Waals surface area contributed by atoms with E-state index in [1.54, 1.807) is 0 Å². The van der Waals surface area contributed by atoms with Gasteiger partial charge in [-0.1, -0.05) is 13.8 Å². The maximum atomic E-state index is 12.1. The zero-order valence-electron chi connectivity index (χ0n) is 11.1. The molecule has 0 aromatic carbocycles. The minimum atomic E-state index is -0.880. The normalized spacial score (nSPS) is 28.9. The molecule has 4 unspecified atom stereocenters. The molecule has 3 N–H and O–H groups in total. The van der Waals surface area contributed by atoms with Crippen LogP contribution in [0, 0.1) is 17.8 Å². The maximum absolute atomic E-state index is 12.1. The molecule has 0 heterocycles. The lowest BCUT2D eigenvalue weighted by Crippen LogP contribution is -2.41. The Balaban J connectivity index is 2.61. The van der Waals surface area contributed by atoms with Gasteiger partial charge in [0.1, 0.15) is 0 Å². The molecule has 1 fully saturated rings. The van der Waals surface area contributed by atoms with Crippen molar-refractivity contribution in [1.82, 2.24) is 5.32 Å². The van der Waals surface area contributed by atoms with Gasteiger partial charge in [0.15, 0.2) is 0 Å². The van der Waals surface area contributed by atoms with Crippen LogP contribution >= 0.6 is 0 Å². The number of aliphatic hydroxyl groups is 1. The van der Waals surface area contributed by atoms with Gasteiger partial charge in [-0.05, 0) is 31.6 Å². The number of nitrogens with one attached hydrogen (secondary N) is 1. The summed E-state index contributed by atoms with van der Waals surface area (Å²) in [5, 5.41) is 20.9. The van der Waals surface area contributed by atoms with Crippen LogP contribution in [0.5, 0.6) is 0 Å². The third-order valence-corrected chi connectivity index (χ3v) is 3.77. The van der Waals surface area contributed by atoms with Crippen molar-refractivity contribution in [3.05, 3.63) is 0 Å². The van der Waals surface area contributed by atoms with Crippen LogP contribution in [-0.2, 0) is 9.59 Å². The fourth-order valence-electron chi connectivity index (χ4n) is 2.70. The Morgan fingerprint density at radius 3 is 2.44 bits per heavy atom. The minimum Gasteiger partial charge on any atom is -0.481 e. The Morgan fingerprint density at radius 1 is 1.33 bits per heavy atom. The van der Waals surface area contributed by atoms with Crippen LogP contribution in [0.15, 0.2) is 0 Å². The molecule has 0 radical (unpaired) electrons. The molecule has 1 saturated carbocycles. The quantitative estimate of drug-likeness (QED) is 0.663. The highest BCUT2D eigenvalue weighted by atomic mass is 16.4. The molecular formula is C13H23NO4. The van der Waals surface area contributed by atoms with Gasteiger partial charge in [-0.25, -0.2) is 0 Å². The molecule has 1 aliphatic carbocycles. The molecule has 5 nitrogen and oxygen atoms in total. The van der Waals surface area contributed by atoms with Gasteiger partial charge in [0, 0.05) is 12.6 Å². The molecule has 1 aliphatic rings. The lowest BCUT2D eigenvalue weighted by Gasteiger charge is -2.21. The van der Waals surface area contributed by atoms with Crippen LogP contribution < -0.4 is 5.32 Å². The standard InChI is InChI=1S/C13H23NO4/c1-3-9(4-5-15)14-12(16)10-6-8(2)7-11(10)13(17)18/h8-11,15H,3-7H2,1-2H3,(H,14,16)(H,17,18). The predicted molar refractivity (Wildman–Crippen MR) is 66.9 cm³/mol. The van der Waals surface area contributed by atoms with Crippen molar-refractivity contribution in [3.63, 3.8) is 0 Å². The molecule has 0 spiro atoms. The van der Waals surface area contributed by atoms with E-state index in [-0.39, 0.29) is 24.5 Å². The first-order valence-corrected chi connectivity index (χ1v) is 6.63. The fraction of sp³-hybridized carbons (Fsp3) is 0.846. The first kappa shape index (κ1) is 15.0. The zero-order valence-corrected chi connectivity index (χ0v) is 11.1. The van der Waals surface area contributed by atoms with E-state index in [9.17, 15) is 9.59 Å². The van der Waals surface area contributed by atoms with Crippen molar-refractivity contribution < 1.29 is 19.8 Å². The van der Waals surface area contributed by atoms with E-state index in [4.69, 9.17) is 10.2 Å². The Labute approximate surface area is 108 Å². The molecule has 104 valence electrons. The van der Waals surface area contributed by atoms with Crippen LogP contribution in [0.4, 0.5) is 0 Å². The molecule has 4 atom stereocenters. The third kappa shape index (κ3) is 3.70. The number of aliphatic carboxylic acids is 1. The van der Waals surface area contributed by atoms with Crippen LogP contribution in [0.3, 0.4) is 0 Å². The van der Waals surface area contributed by atoms with Gasteiger partial charge in [0.05, 0.1) is 11.8 Å². The summed E-state index contributed by atoms with van der Waals surface area (Å²) in [5.41, 5.74) is 0. The number of amides is 1. The monoisotopic (exact) mass is 257 g/mol. The molecule has 0 aliphatic heterocycles. The summed E-state index contributed by atoms with van der Waals surface area (Å²) in [6.07, 6.45) is 2.47. The second kappa shape index (κ2) is 6.73. The topological polar surface area (TPSA) is 86.6 Å². The first-order chi connectivity index (χ1) is 8.49. The van der Waals surface area contributed by atoms with Gasteiger partial charge in [0.25, 0.3) is 0 Å². The van der Waals surface area contributed by atoms with Crippen molar-refractivity contribution in [1.29, 1.82) is 0 Å². The minimum absolute atomic E-state index is 0.0300. The summed E-state index contributed by atoms with van der Waals surface area (Å²) in [5.74, 6) is -1.77. The smallest absolute Gasteiger partial charge is 0.307 e. The molecular weight excluding hydrogens is 234 g/mol. The van der Waals surface area contributed by atoms with Gasteiger partial charge < -0.3 is 15.5 Å². The molecule has 1 amide bonds. The number of aliphatic hydroxyl groups excluding tert-OH is 1. The van der Waals surface area contributed by atoms with Gasteiger partial charge in [-0.3, -0.25) is 9.59 Å². The highest BCUT2D eigenvalue weighted by Gasteiger charge is 2.41. The molecule has 1 rings (SSSR count). The Hall–Kier alpha value is -1.10. The molecule has 0 bridgehead atoms. The van der Waals surface area contributed by atoms with Crippen molar-refractivity contribution in [3.8, 4) is 0 Å². The number of carbonyl (C=O) groups excluding carboxylic acids is 1. The average Bonchev–Trinajstić information content (AvgIpc) is 2.71. The maximum Gasteiger partial charge on any atom is 0.307 e. The Morgan fingerprint density at radius 2 is 1.94 bits per heavy atom. The van der Waals surface area contributed by atoms with Gasteiger partial charge in [0.2, 0.25) is 5.91 Å². The zero-order chi connectivity index (χ0) is 13.7. The van der Waals surface area contributed by atoms with E-state index < -0.39 is 17.8 Å². The van der Waals surface area contributed by atoms with Crippen LogP contribution in [0.25, 0.3) is 0 Å². The first-order valence-electron chi connectivity index (χ1n) is 6.63. The van der Waals surface area contributed by atoms with Crippen LogP contribution in [0.1, 0.15) is 39.5 Å². The largest absolute Gasteiger partial charge is 0.481 e. The molecule has 5 heteroatoms. The van der Waals surface area contributed by atoms with E-state index in [1.807, 2.05) is 13.8 Å². The Bertz CT molecular complexity index is 305. The fourth-order valence-corrected chi connectivity index (χ4v) is 2.70. The van der Waals surface area contributed by atoms with E-state index >= 15 is 0 Å². The number of carboxylic acids is 1. The van der Waals surface area contributed by atoms with Gasteiger partial charge >= 0.3 is 5.97 Å². The summed E-state index contributed by atoms with van der Waals surface area (Å²) in [4.78, 5) is 23.2. The van der Waals surface area contributed by atoms with Crippen LogP contribution in [-0.4, -0.2) is 34.7 Å². The second-order valence-electron chi connectivity index (χ2n) is 5.25. The van der Waals surface area contributed by atoms with E-state index in [0.717, 1.165) is 6.42 Å². The summed E-state index contributed by atoms with van der Waals surface area (Å²) in [7, 11) is 0. The number of hydrogen-bond donors (Lipinski definition) is 3. The van der Waals surface area contributed by atoms with Gasteiger partial charge in [-0.2, -0.15) is 0 Å². The van der Waals surface area contributed by atoms with Crippen molar-refractivity contribution in [2.45, 2.75) is 45.6 Å². The third-order valence-electron chi connectivity index (χ3n) is 3.77. The highest BCUT2D eigenvalue weighted by Crippen LogP contribution is 2.36. The molecule has 18 heavy (non-hydrogen) atoms. The number of carboxylic acid groups (broad SMARTS) is 1. The molecule has 0 saturated heterocycles. The lowest BCUT2D eigenvalue weighted by molar-refractivity contribution is -0.146. The lowest BCUT2D eigenvalue weighted by atomic mass is 9.95.